The average molecular weight is 672 g/mol. The van der Waals surface area contributed by atoms with Gasteiger partial charge in [-0.2, -0.15) is 0 Å². The number of carbonyl (C=O) groups is 4. The Labute approximate surface area is 268 Å². The molecule has 0 saturated carbocycles. The molecule has 4 aromatic rings. The third-order valence-electron chi connectivity index (χ3n) is 8.36. The molecule has 3 aromatic carbocycles. The molecule has 7 nitrogen and oxygen atoms in total. The number of allylic oxidation sites excluding steroid dienone is 2. The molecule has 1 aliphatic carbocycles. The van der Waals surface area contributed by atoms with E-state index in [2.05, 4.69) is 15.9 Å². The Morgan fingerprint density at radius 1 is 1.02 bits per heavy atom. The highest BCUT2D eigenvalue weighted by atomic mass is 79.9. The maximum Gasteiger partial charge on any atom is 0.339 e. The number of carbonyl (C=O) groups excluding carboxylic acids is 4. The fourth-order valence-electron chi connectivity index (χ4n) is 6.08. The van der Waals surface area contributed by atoms with Gasteiger partial charge in [-0.3, -0.25) is 19.3 Å². The first-order chi connectivity index (χ1) is 21.0. The van der Waals surface area contributed by atoms with Crippen LogP contribution in [0.3, 0.4) is 0 Å². The fraction of sp³-hybridized carbons (Fsp3) is 0.229. The van der Waals surface area contributed by atoms with Gasteiger partial charge in [0.1, 0.15) is 0 Å². The predicted molar refractivity (Wildman–Crippen MR) is 173 cm³/mol. The Morgan fingerprint density at radius 2 is 1.73 bits per heavy atom. The fourth-order valence-corrected chi connectivity index (χ4v) is 6.78. The number of esters is 1. The van der Waals surface area contributed by atoms with Gasteiger partial charge in [-0.25, -0.2) is 9.78 Å². The van der Waals surface area contributed by atoms with Crippen molar-refractivity contribution in [2.24, 2.45) is 17.8 Å². The van der Waals surface area contributed by atoms with Gasteiger partial charge in [0.15, 0.2) is 6.10 Å². The van der Waals surface area contributed by atoms with Crippen LogP contribution in [0, 0.1) is 24.7 Å². The minimum absolute atomic E-state index is 0.00179. The summed E-state index contributed by atoms with van der Waals surface area (Å²) in [5.41, 5.74) is 3.77. The molecule has 4 unspecified atom stereocenters. The lowest BCUT2D eigenvalue weighted by molar-refractivity contribution is -0.122. The maximum absolute atomic E-state index is 13.6. The van der Waals surface area contributed by atoms with E-state index in [1.807, 2.05) is 32.1 Å². The average Bonchev–Trinajstić information content (AvgIpc) is 3.26. The van der Waals surface area contributed by atoms with Gasteiger partial charge in [0, 0.05) is 26.0 Å². The second-order valence-corrected chi connectivity index (χ2v) is 12.7. The first-order valence-corrected chi connectivity index (χ1v) is 15.5. The van der Waals surface area contributed by atoms with E-state index in [1.54, 1.807) is 60.7 Å². The number of benzene rings is 3. The number of amides is 2. The number of hydrogen-bond donors (Lipinski definition) is 0. The van der Waals surface area contributed by atoms with Crippen LogP contribution in [0.5, 0.6) is 0 Å². The van der Waals surface area contributed by atoms with E-state index in [9.17, 15) is 19.2 Å². The van der Waals surface area contributed by atoms with Gasteiger partial charge in [0.25, 0.3) is 0 Å². The van der Waals surface area contributed by atoms with Crippen molar-refractivity contribution >= 4 is 67.7 Å². The summed E-state index contributed by atoms with van der Waals surface area (Å²) < 4.78 is 6.44. The Kier molecular flexibility index (Phi) is 7.99. The largest absolute Gasteiger partial charge is 0.451 e. The highest BCUT2D eigenvalue weighted by molar-refractivity contribution is 9.10. The Bertz CT molecular complexity index is 1870. The van der Waals surface area contributed by atoms with Crippen molar-refractivity contribution in [2.75, 3.05) is 4.90 Å². The molecule has 0 spiro atoms. The minimum atomic E-state index is -1.04. The van der Waals surface area contributed by atoms with Gasteiger partial charge in [0.05, 0.1) is 34.3 Å². The minimum Gasteiger partial charge on any atom is -0.451 e. The summed E-state index contributed by atoms with van der Waals surface area (Å²) in [5, 5.41) is 1.08. The summed E-state index contributed by atoms with van der Waals surface area (Å²) in [6.45, 7) is 5.40. The highest BCUT2D eigenvalue weighted by Crippen LogP contribution is 2.41. The predicted octanol–water partition coefficient (Wildman–Crippen LogP) is 7.76. The molecule has 222 valence electrons. The van der Waals surface area contributed by atoms with Crippen LogP contribution >= 0.6 is 27.5 Å². The number of anilines is 1. The van der Waals surface area contributed by atoms with Crippen LogP contribution in [-0.2, 0) is 14.3 Å². The maximum atomic E-state index is 13.6. The van der Waals surface area contributed by atoms with Gasteiger partial charge < -0.3 is 4.74 Å². The van der Waals surface area contributed by atoms with Crippen LogP contribution in [0.2, 0.25) is 5.02 Å². The quantitative estimate of drug-likeness (QED) is 0.0901. The molecule has 0 N–H and O–H groups in total. The van der Waals surface area contributed by atoms with E-state index in [0.717, 1.165) is 10.0 Å². The number of ketones is 1. The Morgan fingerprint density at radius 3 is 2.41 bits per heavy atom. The first-order valence-electron chi connectivity index (χ1n) is 14.3. The van der Waals surface area contributed by atoms with Crippen molar-refractivity contribution in [3.05, 3.63) is 105 Å². The second kappa shape index (κ2) is 11.7. The topological polar surface area (TPSA) is 93.6 Å². The van der Waals surface area contributed by atoms with Crippen molar-refractivity contribution in [1.29, 1.82) is 0 Å². The van der Waals surface area contributed by atoms with Crippen LogP contribution in [0.15, 0.2) is 83.4 Å². The van der Waals surface area contributed by atoms with Crippen molar-refractivity contribution in [1.82, 2.24) is 4.98 Å². The number of hydrogen-bond acceptors (Lipinski definition) is 6. The molecule has 44 heavy (non-hydrogen) atoms. The molecule has 2 aliphatic rings. The summed E-state index contributed by atoms with van der Waals surface area (Å²) in [4.78, 5) is 59.2. The summed E-state index contributed by atoms with van der Waals surface area (Å²) in [6, 6.07) is 18.8. The molecule has 1 saturated heterocycles. The Balaban J connectivity index is 1.33. The zero-order valence-electron chi connectivity index (χ0n) is 24.2. The lowest BCUT2D eigenvalue weighted by Crippen LogP contribution is -2.31. The highest BCUT2D eigenvalue weighted by Gasteiger charge is 2.50. The number of ether oxygens (including phenoxy) is 1. The summed E-state index contributed by atoms with van der Waals surface area (Å²) in [5.74, 6) is -2.06. The third-order valence-corrected chi connectivity index (χ3v) is 9.07. The zero-order valence-corrected chi connectivity index (χ0v) is 26.6. The molecular formula is C35H28BrClN2O5. The smallest absolute Gasteiger partial charge is 0.339 e. The molecule has 1 aliphatic heterocycles. The number of imide groups is 1. The lowest BCUT2D eigenvalue weighted by atomic mass is 9.78. The molecule has 4 atom stereocenters. The van der Waals surface area contributed by atoms with Crippen LogP contribution in [-0.4, -0.2) is 34.7 Å². The number of nitrogens with zero attached hydrogens (tertiary/aromatic N) is 2. The molecule has 2 amide bonds. The normalized spacial score (nSPS) is 20.1. The summed E-state index contributed by atoms with van der Waals surface area (Å²) in [6.07, 6.45) is 3.50. The number of Topliss-reactive ketones (excluding diaryl/α,β-unsaturated/α-hetero) is 1. The van der Waals surface area contributed by atoms with Gasteiger partial charge in [-0.05, 0) is 86.3 Å². The molecule has 1 fully saturated rings. The van der Waals surface area contributed by atoms with Crippen molar-refractivity contribution < 1.29 is 23.9 Å². The second-order valence-electron chi connectivity index (χ2n) is 11.3. The monoisotopic (exact) mass is 670 g/mol. The zero-order chi connectivity index (χ0) is 31.3. The van der Waals surface area contributed by atoms with Gasteiger partial charge in [0.2, 0.25) is 17.6 Å². The number of fused-ring (bicyclic) bond motifs is 2. The molecule has 6 rings (SSSR count). The molecule has 1 aromatic heterocycles. The standard InChI is InChI=1S/C35H28BrClN2O5/c1-18-5-4-6-26-30(18)34(42)39(33(26)41)25-13-9-21(10-14-25)29-17-28(27-16-23(36)15-19(2)31(27)38-29)35(43)44-20(3)32(40)22-7-11-24(37)12-8-22/h4-5,7-18,20,26,30H,6H2,1-3H3. The number of aryl methyl sites for hydroxylation is 1. The molecule has 2 heterocycles. The van der Waals surface area contributed by atoms with Crippen molar-refractivity contribution in [3.8, 4) is 11.3 Å². The molecule has 0 radical (unpaired) electrons. The SMILES string of the molecule is Cc1cc(Br)cc2c(C(=O)OC(C)C(=O)c3ccc(Cl)cc3)cc(-c3ccc(N4C(=O)C5CC=CC(C)C5C4=O)cc3)nc12. The lowest BCUT2D eigenvalue weighted by Gasteiger charge is -2.22. The number of halogens is 2. The van der Waals surface area contributed by atoms with E-state index in [1.165, 1.54) is 11.8 Å². The molecule has 0 bridgehead atoms. The van der Waals surface area contributed by atoms with Crippen molar-refractivity contribution in [2.45, 2.75) is 33.3 Å². The molecule has 9 heteroatoms. The first kappa shape index (κ1) is 29.9. The van der Waals surface area contributed by atoms with Crippen molar-refractivity contribution in [3.63, 3.8) is 0 Å². The number of rotatable bonds is 6. The third kappa shape index (κ3) is 5.37. The van der Waals surface area contributed by atoms with Gasteiger partial charge in [-0.1, -0.05) is 58.7 Å². The number of aromatic nitrogens is 1. The summed E-state index contributed by atoms with van der Waals surface area (Å²) in [7, 11) is 0. The van der Waals surface area contributed by atoms with Gasteiger partial charge >= 0.3 is 5.97 Å². The Hall–Kier alpha value is -4.14. The van der Waals surface area contributed by atoms with Crippen LogP contribution in [0.4, 0.5) is 5.69 Å². The van der Waals surface area contributed by atoms with E-state index >= 15 is 0 Å². The van der Waals surface area contributed by atoms with E-state index in [-0.39, 0.29) is 40.9 Å². The van der Waals surface area contributed by atoms with Crippen LogP contribution in [0.25, 0.3) is 22.2 Å². The van der Waals surface area contributed by atoms with Crippen LogP contribution < -0.4 is 4.90 Å². The number of pyridine rings is 1. The van der Waals surface area contributed by atoms with E-state index in [4.69, 9.17) is 21.3 Å². The summed E-state index contributed by atoms with van der Waals surface area (Å²) >= 11 is 9.46. The molecular weight excluding hydrogens is 644 g/mol. The van der Waals surface area contributed by atoms with E-state index < -0.39 is 12.1 Å². The van der Waals surface area contributed by atoms with Gasteiger partial charge in [-0.15, -0.1) is 0 Å². The van der Waals surface area contributed by atoms with Crippen LogP contribution in [0.1, 0.15) is 46.5 Å². The van der Waals surface area contributed by atoms with E-state index in [0.29, 0.717) is 44.9 Å².